The van der Waals surface area contributed by atoms with Gasteiger partial charge in [-0.15, -0.1) is 0 Å². The topological polar surface area (TPSA) is 68.5 Å². The van der Waals surface area contributed by atoms with Crippen LogP contribution in [-0.4, -0.2) is 40.1 Å². The third-order valence-corrected chi connectivity index (χ3v) is 4.45. The molecule has 1 aliphatic heterocycles. The van der Waals surface area contributed by atoms with E-state index in [9.17, 15) is 4.79 Å². The standard InChI is InChI=1S/C19H19N3O3/c1-12-10-16(17-13(2)21-25-18(17)20-12)19(23)22-9-8-15(11-22)24-14-6-4-3-5-7-14/h3-7,10,15H,8-9,11H2,1-2H3. The third kappa shape index (κ3) is 2.95. The van der Waals surface area contributed by atoms with Crippen molar-refractivity contribution in [1.82, 2.24) is 15.0 Å². The molecule has 3 heterocycles. The van der Waals surface area contributed by atoms with Gasteiger partial charge in [0.1, 0.15) is 11.9 Å². The van der Waals surface area contributed by atoms with Crippen LogP contribution in [0.5, 0.6) is 5.75 Å². The Hall–Kier alpha value is -2.89. The van der Waals surface area contributed by atoms with E-state index in [1.165, 1.54) is 0 Å². The average Bonchev–Trinajstić information content (AvgIpc) is 3.22. The summed E-state index contributed by atoms with van der Waals surface area (Å²) in [7, 11) is 0. The van der Waals surface area contributed by atoms with Gasteiger partial charge in [0.25, 0.3) is 11.6 Å². The van der Waals surface area contributed by atoms with Crippen LogP contribution in [0.2, 0.25) is 0 Å². The molecule has 1 saturated heterocycles. The van der Waals surface area contributed by atoms with Crippen LogP contribution < -0.4 is 4.74 Å². The van der Waals surface area contributed by atoms with Gasteiger partial charge in [-0.2, -0.15) is 0 Å². The van der Waals surface area contributed by atoms with Crippen molar-refractivity contribution in [3.63, 3.8) is 0 Å². The lowest BCUT2D eigenvalue weighted by Crippen LogP contribution is -2.31. The molecule has 0 bridgehead atoms. The molecule has 25 heavy (non-hydrogen) atoms. The Balaban J connectivity index is 1.55. The highest BCUT2D eigenvalue weighted by Crippen LogP contribution is 2.25. The number of amides is 1. The molecule has 3 aromatic rings. The van der Waals surface area contributed by atoms with Crippen molar-refractivity contribution in [2.24, 2.45) is 0 Å². The Morgan fingerprint density at radius 3 is 2.88 bits per heavy atom. The predicted octanol–water partition coefficient (Wildman–Crippen LogP) is 3.13. The lowest BCUT2D eigenvalue weighted by atomic mass is 10.1. The van der Waals surface area contributed by atoms with E-state index in [-0.39, 0.29) is 12.0 Å². The van der Waals surface area contributed by atoms with E-state index in [4.69, 9.17) is 9.26 Å². The quantitative estimate of drug-likeness (QED) is 0.734. The monoisotopic (exact) mass is 337 g/mol. The minimum atomic E-state index is -0.0269. The van der Waals surface area contributed by atoms with Gasteiger partial charge in [-0.3, -0.25) is 4.79 Å². The van der Waals surface area contributed by atoms with Crippen LogP contribution in [-0.2, 0) is 0 Å². The molecule has 6 nitrogen and oxygen atoms in total. The van der Waals surface area contributed by atoms with E-state index in [1.54, 1.807) is 6.07 Å². The zero-order valence-electron chi connectivity index (χ0n) is 14.2. The summed E-state index contributed by atoms with van der Waals surface area (Å²) in [6.45, 7) is 4.91. The maximum Gasteiger partial charge on any atom is 0.258 e. The molecule has 0 spiro atoms. The van der Waals surface area contributed by atoms with Crippen LogP contribution in [0.4, 0.5) is 0 Å². The Morgan fingerprint density at radius 2 is 2.08 bits per heavy atom. The first-order valence-corrected chi connectivity index (χ1v) is 8.36. The number of nitrogens with zero attached hydrogens (tertiary/aromatic N) is 3. The minimum Gasteiger partial charge on any atom is -0.489 e. The van der Waals surface area contributed by atoms with Gasteiger partial charge in [0.15, 0.2) is 0 Å². The SMILES string of the molecule is Cc1cc(C(=O)N2CCC(Oc3ccccc3)C2)c2c(C)noc2n1. The van der Waals surface area contributed by atoms with Crippen molar-refractivity contribution < 1.29 is 14.1 Å². The minimum absolute atomic E-state index is 0.00773. The number of carbonyl (C=O) groups is 1. The van der Waals surface area contributed by atoms with E-state index < -0.39 is 0 Å². The lowest BCUT2D eigenvalue weighted by Gasteiger charge is -2.18. The molecular formula is C19H19N3O3. The number of hydrogen-bond acceptors (Lipinski definition) is 5. The van der Waals surface area contributed by atoms with Gasteiger partial charge in [-0.1, -0.05) is 23.4 Å². The van der Waals surface area contributed by atoms with Crippen molar-refractivity contribution in [3.8, 4) is 5.75 Å². The highest BCUT2D eigenvalue weighted by Gasteiger charge is 2.30. The summed E-state index contributed by atoms with van der Waals surface area (Å²) >= 11 is 0. The first-order chi connectivity index (χ1) is 12.1. The molecule has 6 heteroatoms. The molecule has 1 amide bonds. The van der Waals surface area contributed by atoms with Crippen LogP contribution in [0, 0.1) is 13.8 Å². The maximum absolute atomic E-state index is 13.0. The first-order valence-electron chi connectivity index (χ1n) is 8.36. The Bertz CT molecular complexity index is 920. The number of aromatic nitrogens is 2. The number of ether oxygens (including phenoxy) is 1. The second kappa shape index (κ2) is 6.20. The number of fused-ring (bicyclic) bond motifs is 1. The normalized spacial score (nSPS) is 17.2. The lowest BCUT2D eigenvalue weighted by molar-refractivity contribution is 0.0774. The zero-order valence-corrected chi connectivity index (χ0v) is 14.2. The number of para-hydroxylation sites is 1. The molecule has 1 atom stereocenters. The number of rotatable bonds is 3. The van der Waals surface area contributed by atoms with E-state index in [1.807, 2.05) is 49.1 Å². The Labute approximate surface area is 145 Å². The fourth-order valence-corrected chi connectivity index (χ4v) is 3.26. The van der Waals surface area contributed by atoms with E-state index in [0.717, 1.165) is 17.9 Å². The molecule has 0 radical (unpaired) electrons. The highest BCUT2D eigenvalue weighted by molar-refractivity contribution is 6.06. The highest BCUT2D eigenvalue weighted by atomic mass is 16.5. The summed E-state index contributed by atoms with van der Waals surface area (Å²) in [5.41, 5.74) is 2.43. The third-order valence-electron chi connectivity index (χ3n) is 4.45. The van der Waals surface area contributed by atoms with E-state index in [0.29, 0.717) is 35.4 Å². The van der Waals surface area contributed by atoms with Gasteiger partial charge < -0.3 is 14.2 Å². The summed E-state index contributed by atoms with van der Waals surface area (Å²) in [6.07, 6.45) is 0.824. The van der Waals surface area contributed by atoms with Gasteiger partial charge in [0, 0.05) is 18.7 Å². The van der Waals surface area contributed by atoms with Crippen molar-refractivity contribution in [3.05, 3.63) is 53.3 Å². The molecule has 1 aromatic carbocycles. The van der Waals surface area contributed by atoms with Gasteiger partial charge in [-0.25, -0.2) is 4.98 Å². The first kappa shape index (κ1) is 15.6. The molecule has 0 N–H and O–H groups in total. The van der Waals surface area contributed by atoms with E-state index >= 15 is 0 Å². The summed E-state index contributed by atoms with van der Waals surface area (Å²) in [5.74, 6) is 0.805. The predicted molar refractivity (Wildman–Crippen MR) is 92.7 cm³/mol. The fourth-order valence-electron chi connectivity index (χ4n) is 3.26. The molecule has 2 aromatic heterocycles. The summed E-state index contributed by atoms with van der Waals surface area (Å²) in [6, 6.07) is 11.5. The number of aryl methyl sites for hydroxylation is 2. The van der Waals surface area contributed by atoms with E-state index in [2.05, 4.69) is 10.1 Å². The summed E-state index contributed by atoms with van der Waals surface area (Å²) < 4.78 is 11.2. The molecular weight excluding hydrogens is 318 g/mol. The molecule has 1 aliphatic rings. The number of carbonyl (C=O) groups excluding carboxylic acids is 1. The largest absolute Gasteiger partial charge is 0.489 e. The average molecular weight is 337 g/mol. The van der Waals surface area contributed by atoms with Gasteiger partial charge in [0.2, 0.25) is 0 Å². The van der Waals surface area contributed by atoms with Crippen molar-refractivity contribution >= 4 is 17.0 Å². The Morgan fingerprint density at radius 1 is 1.28 bits per heavy atom. The van der Waals surface area contributed by atoms with Crippen LogP contribution in [0.25, 0.3) is 11.1 Å². The smallest absolute Gasteiger partial charge is 0.258 e. The number of likely N-dealkylation sites (tertiary alicyclic amines) is 1. The van der Waals surface area contributed by atoms with Crippen LogP contribution >= 0.6 is 0 Å². The van der Waals surface area contributed by atoms with Gasteiger partial charge in [0.05, 0.1) is 23.2 Å². The molecule has 4 rings (SSSR count). The number of pyridine rings is 1. The number of benzene rings is 1. The second-order valence-electron chi connectivity index (χ2n) is 6.35. The van der Waals surface area contributed by atoms with Crippen molar-refractivity contribution in [2.45, 2.75) is 26.4 Å². The molecule has 128 valence electrons. The second-order valence-corrected chi connectivity index (χ2v) is 6.35. The number of hydrogen-bond donors (Lipinski definition) is 0. The van der Waals surface area contributed by atoms with Crippen LogP contribution in [0.1, 0.15) is 28.2 Å². The fraction of sp³-hybridized carbons (Fsp3) is 0.316. The van der Waals surface area contributed by atoms with Crippen molar-refractivity contribution in [2.75, 3.05) is 13.1 Å². The van der Waals surface area contributed by atoms with Gasteiger partial charge in [-0.05, 0) is 32.0 Å². The Kier molecular flexibility index (Phi) is 3.87. The molecule has 1 unspecified atom stereocenters. The summed E-state index contributed by atoms with van der Waals surface area (Å²) in [4.78, 5) is 19.2. The maximum atomic E-state index is 13.0. The summed E-state index contributed by atoms with van der Waals surface area (Å²) in [5, 5.41) is 4.64. The van der Waals surface area contributed by atoms with Gasteiger partial charge >= 0.3 is 0 Å². The van der Waals surface area contributed by atoms with Crippen LogP contribution in [0.15, 0.2) is 40.9 Å². The molecule has 1 fully saturated rings. The van der Waals surface area contributed by atoms with Crippen LogP contribution in [0.3, 0.4) is 0 Å². The molecule has 0 saturated carbocycles. The zero-order chi connectivity index (χ0) is 17.4. The molecule has 0 aliphatic carbocycles. The van der Waals surface area contributed by atoms with Crippen molar-refractivity contribution in [1.29, 1.82) is 0 Å².